The van der Waals surface area contributed by atoms with Gasteiger partial charge < -0.3 is 15.6 Å². The Kier molecular flexibility index (Phi) is 5.26. The average Bonchev–Trinajstić information content (AvgIpc) is 2.86. The van der Waals surface area contributed by atoms with E-state index < -0.39 is 5.54 Å². The van der Waals surface area contributed by atoms with Gasteiger partial charge in [-0.25, -0.2) is 4.98 Å². The summed E-state index contributed by atoms with van der Waals surface area (Å²) in [6.07, 6.45) is 5.21. The second kappa shape index (κ2) is 6.98. The van der Waals surface area contributed by atoms with Gasteiger partial charge in [0.05, 0.1) is 5.54 Å². The van der Waals surface area contributed by atoms with Gasteiger partial charge in [0.1, 0.15) is 0 Å². The van der Waals surface area contributed by atoms with Crippen LogP contribution in [0.2, 0.25) is 0 Å². The van der Waals surface area contributed by atoms with E-state index in [1.807, 2.05) is 49.0 Å². The van der Waals surface area contributed by atoms with E-state index in [0.717, 1.165) is 22.2 Å². The van der Waals surface area contributed by atoms with Crippen LogP contribution in [0.5, 0.6) is 0 Å². The van der Waals surface area contributed by atoms with Crippen LogP contribution in [0.15, 0.2) is 46.7 Å². The molecule has 6 heteroatoms. The lowest BCUT2D eigenvalue weighted by molar-refractivity contribution is -0.120. The summed E-state index contributed by atoms with van der Waals surface area (Å²) in [6, 6.07) is 7.68. The fourth-order valence-corrected chi connectivity index (χ4v) is 2.87. The summed E-state index contributed by atoms with van der Waals surface area (Å²) in [6.45, 7) is 3.78. The molecule has 1 aromatic heterocycles. The van der Waals surface area contributed by atoms with E-state index >= 15 is 0 Å². The third-order valence-electron chi connectivity index (χ3n) is 3.39. The molecule has 2 aromatic rings. The number of aryl methyl sites for hydroxylation is 1. The van der Waals surface area contributed by atoms with E-state index in [-0.39, 0.29) is 5.91 Å². The highest BCUT2D eigenvalue weighted by Crippen LogP contribution is 2.27. The molecule has 0 fully saturated rings. The molecule has 3 N–H and O–H groups in total. The molecule has 22 heavy (non-hydrogen) atoms. The standard InChI is InChI=1S/C16H22N4OS/c1-4-9-16(2,17)14(21)19-12-5-7-13(8-6-12)22-15-18-10-11-20(15)3/h5-8,10-11H,4,9,17H2,1-3H3,(H,19,21). The topological polar surface area (TPSA) is 72.9 Å². The summed E-state index contributed by atoms with van der Waals surface area (Å²) in [5.41, 5.74) is 5.94. The maximum atomic E-state index is 12.2. The van der Waals surface area contributed by atoms with Crippen molar-refractivity contribution in [3.05, 3.63) is 36.7 Å². The number of imidazole rings is 1. The quantitative estimate of drug-likeness (QED) is 0.858. The van der Waals surface area contributed by atoms with Crippen molar-refractivity contribution in [2.45, 2.75) is 42.3 Å². The molecule has 1 amide bonds. The molecule has 118 valence electrons. The molecule has 0 aliphatic carbocycles. The predicted octanol–water partition coefficient (Wildman–Crippen LogP) is 3.03. The van der Waals surface area contributed by atoms with Gasteiger partial charge in [-0.3, -0.25) is 4.79 Å². The van der Waals surface area contributed by atoms with Gasteiger partial charge in [0.15, 0.2) is 5.16 Å². The van der Waals surface area contributed by atoms with Crippen LogP contribution in [0.25, 0.3) is 0 Å². The lowest BCUT2D eigenvalue weighted by atomic mass is 9.96. The number of nitrogens with one attached hydrogen (secondary N) is 1. The van der Waals surface area contributed by atoms with E-state index in [0.29, 0.717) is 6.42 Å². The van der Waals surface area contributed by atoms with Gasteiger partial charge in [0.25, 0.3) is 0 Å². The van der Waals surface area contributed by atoms with E-state index in [4.69, 9.17) is 5.73 Å². The van der Waals surface area contributed by atoms with Crippen molar-refractivity contribution < 1.29 is 4.79 Å². The molecule has 1 aromatic carbocycles. The lowest BCUT2D eigenvalue weighted by Crippen LogP contribution is -2.48. The molecule has 0 bridgehead atoms. The third-order valence-corrected chi connectivity index (χ3v) is 4.47. The molecular formula is C16H22N4OS. The molecule has 1 heterocycles. The van der Waals surface area contributed by atoms with Crippen molar-refractivity contribution >= 4 is 23.4 Å². The Morgan fingerprint density at radius 1 is 1.41 bits per heavy atom. The molecule has 5 nitrogen and oxygen atoms in total. The number of amides is 1. The van der Waals surface area contributed by atoms with Crippen LogP contribution in [0.3, 0.4) is 0 Å². The normalized spacial score (nSPS) is 13.6. The fraction of sp³-hybridized carbons (Fsp3) is 0.375. The fourth-order valence-electron chi connectivity index (χ4n) is 2.07. The van der Waals surface area contributed by atoms with Crippen molar-refractivity contribution in [3.8, 4) is 0 Å². The smallest absolute Gasteiger partial charge is 0.244 e. The monoisotopic (exact) mass is 318 g/mol. The van der Waals surface area contributed by atoms with Crippen LogP contribution in [0.1, 0.15) is 26.7 Å². The number of benzene rings is 1. The minimum atomic E-state index is -0.838. The summed E-state index contributed by atoms with van der Waals surface area (Å²) in [5, 5.41) is 3.80. The molecule has 0 radical (unpaired) electrons. The average molecular weight is 318 g/mol. The van der Waals surface area contributed by atoms with Crippen molar-refractivity contribution in [1.29, 1.82) is 0 Å². The van der Waals surface area contributed by atoms with Gasteiger partial charge in [-0.2, -0.15) is 0 Å². The lowest BCUT2D eigenvalue weighted by Gasteiger charge is -2.22. The number of carbonyl (C=O) groups excluding carboxylic acids is 1. The van der Waals surface area contributed by atoms with E-state index in [2.05, 4.69) is 10.3 Å². The Balaban J connectivity index is 2.00. The first-order valence-corrected chi connectivity index (χ1v) is 8.09. The van der Waals surface area contributed by atoms with Gasteiger partial charge in [0, 0.05) is 30.0 Å². The number of hydrogen-bond acceptors (Lipinski definition) is 4. The molecule has 0 aliphatic rings. The Hall–Kier alpha value is -1.79. The maximum Gasteiger partial charge on any atom is 0.244 e. The van der Waals surface area contributed by atoms with Gasteiger partial charge in [-0.1, -0.05) is 25.1 Å². The molecule has 1 atom stereocenters. The molecule has 1 unspecified atom stereocenters. The number of nitrogens with zero attached hydrogens (tertiary/aromatic N) is 2. The van der Waals surface area contributed by atoms with Crippen LogP contribution >= 0.6 is 11.8 Å². The second-order valence-corrected chi connectivity index (χ2v) is 6.61. The maximum absolute atomic E-state index is 12.2. The van der Waals surface area contributed by atoms with Crippen LogP contribution < -0.4 is 11.1 Å². The highest BCUT2D eigenvalue weighted by molar-refractivity contribution is 7.99. The molecule has 0 saturated carbocycles. The van der Waals surface area contributed by atoms with Crippen molar-refractivity contribution in [2.75, 3.05) is 5.32 Å². The van der Waals surface area contributed by atoms with Gasteiger partial charge in [-0.15, -0.1) is 0 Å². The largest absolute Gasteiger partial charge is 0.329 e. The van der Waals surface area contributed by atoms with Crippen LogP contribution in [-0.4, -0.2) is 21.0 Å². The van der Waals surface area contributed by atoms with Gasteiger partial charge in [0.2, 0.25) is 5.91 Å². The highest BCUT2D eigenvalue weighted by atomic mass is 32.2. The number of anilines is 1. The molecule has 0 saturated heterocycles. The molecule has 2 rings (SSSR count). The Morgan fingerprint density at radius 3 is 2.64 bits per heavy atom. The zero-order valence-electron chi connectivity index (χ0n) is 13.2. The Bertz CT molecular complexity index is 634. The highest BCUT2D eigenvalue weighted by Gasteiger charge is 2.27. The zero-order valence-corrected chi connectivity index (χ0v) is 14.0. The SMILES string of the molecule is CCCC(C)(N)C(=O)Nc1ccc(Sc2nccn2C)cc1. The Morgan fingerprint density at radius 2 is 2.09 bits per heavy atom. The van der Waals surface area contributed by atoms with Crippen LogP contribution in [0, 0.1) is 0 Å². The number of hydrogen-bond donors (Lipinski definition) is 2. The third kappa shape index (κ3) is 4.11. The van der Waals surface area contributed by atoms with E-state index in [1.165, 1.54) is 0 Å². The number of carbonyl (C=O) groups is 1. The van der Waals surface area contributed by atoms with Crippen LogP contribution in [-0.2, 0) is 11.8 Å². The zero-order chi connectivity index (χ0) is 16.2. The molecule has 0 spiro atoms. The van der Waals surface area contributed by atoms with E-state index in [9.17, 15) is 4.79 Å². The first-order valence-electron chi connectivity index (χ1n) is 7.28. The Labute approximate surface area is 135 Å². The first kappa shape index (κ1) is 16.6. The summed E-state index contributed by atoms with van der Waals surface area (Å²) < 4.78 is 1.96. The van der Waals surface area contributed by atoms with E-state index in [1.54, 1.807) is 24.9 Å². The van der Waals surface area contributed by atoms with Crippen molar-refractivity contribution in [3.63, 3.8) is 0 Å². The molecule has 0 aliphatic heterocycles. The number of nitrogens with two attached hydrogens (primary N) is 1. The summed E-state index contributed by atoms with van der Waals surface area (Å²) in [5.74, 6) is -0.154. The molecular weight excluding hydrogens is 296 g/mol. The minimum absolute atomic E-state index is 0.154. The van der Waals surface area contributed by atoms with Crippen molar-refractivity contribution in [2.24, 2.45) is 12.8 Å². The summed E-state index contributed by atoms with van der Waals surface area (Å²) in [4.78, 5) is 17.5. The van der Waals surface area contributed by atoms with Crippen molar-refractivity contribution in [1.82, 2.24) is 9.55 Å². The van der Waals surface area contributed by atoms with Gasteiger partial charge >= 0.3 is 0 Å². The van der Waals surface area contributed by atoms with Gasteiger partial charge in [-0.05, 0) is 37.6 Å². The summed E-state index contributed by atoms with van der Waals surface area (Å²) >= 11 is 1.58. The number of rotatable bonds is 6. The minimum Gasteiger partial charge on any atom is -0.329 e. The first-order chi connectivity index (χ1) is 10.4. The number of aromatic nitrogens is 2. The van der Waals surface area contributed by atoms with Crippen LogP contribution in [0.4, 0.5) is 5.69 Å². The predicted molar refractivity (Wildman–Crippen MR) is 89.9 cm³/mol. The second-order valence-electron chi connectivity index (χ2n) is 5.57. The summed E-state index contributed by atoms with van der Waals surface area (Å²) in [7, 11) is 1.96.